The van der Waals surface area contributed by atoms with Crippen LogP contribution in [0, 0.1) is 0 Å². The molecule has 2 amide bonds. The molecule has 0 radical (unpaired) electrons. The zero-order chi connectivity index (χ0) is 22.8. The van der Waals surface area contributed by atoms with Gasteiger partial charge in [0.05, 0.1) is 12.5 Å². The maximum atomic E-state index is 12.9. The molecule has 0 bridgehead atoms. The van der Waals surface area contributed by atoms with Crippen molar-refractivity contribution in [1.29, 1.82) is 0 Å². The molecule has 3 atom stereocenters. The Morgan fingerprint density at radius 1 is 1.35 bits per heavy atom. The molecule has 2 aliphatic rings. The van der Waals surface area contributed by atoms with Crippen molar-refractivity contribution < 1.29 is 24.2 Å². The second kappa shape index (κ2) is 9.28. The highest BCUT2D eigenvalue weighted by Crippen LogP contribution is 2.42. The number of esters is 1. The van der Waals surface area contributed by atoms with E-state index in [1.165, 1.54) is 16.7 Å². The van der Waals surface area contributed by atoms with Gasteiger partial charge in [0.2, 0.25) is 5.91 Å². The summed E-state index contributed by atoms with van der Waals surface area (Å²) < 4.78 is 5.51. The summed E-state index contributed by atoms with van der Waals surface area (Å²) in [5, 5.41) is 12.9. The number of carbonyl (C=O) groups is 3. The summed E-state index contributed by atoms with van der Waals surface area (Å²) in [5.74, 6) is -0.950. The Morgan fingerprint density at radius 2 is 2.03 bits per heavy atom. The fourth-order valence-corrected chi connectivity index (χ4v) is 4.93. The first-order valence-electron chi connectivity index (χ1n) is 10.2. The van der Waals surface area contributed by atoms with Crippen molar-refractivity contribution >= 4 is 29.5 Å². The van der Waals surface area contributed by atoms with Crippen molar-refractivity contribution in [1.82, 2.24) is 10.2 Å². The van der Waals surface area contributed by atoms with Crippen LogP contribution in [-0.4, -0.2) is 56.7 Å². The van der Waals surface area contributed by atoms with Crippen LogP contribution in [0.15, 0.2) is 54.3 Å². The molecule has 2 aliphatic heterocycles. The molecule has 166 valence electrons. The van der Waals surface area contributed by atoms with Crippen LogP contribution in [-0.2, 0) is 25.5 Å². The molecule has 1 unspecified atom stereocenters. The zero-order valence-electron chi connectivity index (χ0n) is 18.0. The minimum atomic E-state index is -0.937. The van der Waals surface area contributed by atoms with Gasteiger partial charge in [-0.05, 0) is 38.3 Å². The zero-order valence-corrected chi connectivity index (χ0v) is 18.8. The number of ether oxygens (including phenoxy) is 1. The Balaban J connectivity index is 1.79. The van der Waals surface area contributed by atoms with Gasteiger partial charge in [-0.15, -0.1) is 18.3 Å². The summed E-state index contributed by atoms with van der Waals surface area (Å²) in [6, 6.07) is 8.54. The third-order valence-electron chi connectivity index (χ3n) is 4.91. The minimum Gasteiger partial charge on any atom is -0.455 e. The number of amides is 2. The van der Waals surface area contributed by atoms with E-state index in [1.54, 1.807) is 26.8 Å². The fraction of sp³-hybridized carbons (Fsp3) is 0.435. The number of hydrogen-bond acceptors (Lipinski definition) is 6. The third kappa shape index (κ3) is 5.19. The van der Waals surface area contributed by atoms with Crippen LogP contribution in [0.5, 0.6) is 0 Å². The number of benzene rings is 1. The Kier molecular flexibility index (Phi) is 6.91. The highest BCUT2D eigenvalue weighted by molar-refractivity contribution is 8.00. The average Bonchev–Trinajstić information content (AvgIpc) is 2.70. The number of thioether (sulfide) groups is 1. The van der Waals surface area contributed by atoms with Crippen LogP contribution in [0.4, 0.5) is 0 Å². The van der Waals surface area contributed by atoms with Gasteiger partial charge in [0.15, 0.2) is 0 Å². The van der Waals surface area contributed by atoms with E-state index in [0.717, 1.165) is 5.56 Å². The summed E-state index contributed by atoms with van der Waals surface area (Å²) in [7, 11) is 0. The number of aliphatic hydroxyl groups excluding tert-OH is 1. The first kappa shape index (κ1) is 23.1. The van der Waals surface area contributed by atoms with E-state index in [4.69, 9.17) is 4.74 Å². The van der Waals surface area contributed by atoms with Gasteiger partial charge in [-0.25, -0.2) is 4.79 Å². The lowest BCUT2D eigenvalue weighted by Gasteiger charge is -2.50. The van der Waals surface area contributed by atoms with Crippen molar-refractivity contribution in [2.75, 3.05) is 5.75 Å². The first-order valence-corrected chi connectivity index (χ1v) is 11.2. The lowest BCUT2D eigenvalue weighted by molar-refractivity contribution is -0.159. The minimum absolute atomic E-state index is 0.0755. The normalized spacial score (nSPS) is 21.7. The van der Waals surface area contributed by atoms with Crippen LogP contribution in [0.1, 0.15) is 32.8 Å². The van der Waals surface area contributed by atoms with Crippen molar-refractivity contribution in [3.8, 4) is 0 Å². The number of fused-ring (bicyclic) bond motifs is 1. The summed E-state index contributed by atoms with van der Waals surface area (Å²) >= 11 is 1.40. The largest absolute Gasteiger partial charge is 0.455 e. The molecule has 1 fully saturated rings. The summed E-state index contributed by atoms with van der Waals surface area (Å²) in [5.41, 5.74) is 0.615. The highest BCUT2D eigenvalue weighted by atomic mass is 32.2. The second-order valence-electron chi connectivity index (χ2n) is 8.53. The smallest absolute Gasteiger partial charge is 0.355 e. The van der Waals surface area contributed by atoms with Crippen LogP contribution in [0.3, 0.4) is 0 Å². The van der Waals surface area contributed by atoms with Crippen LogP contribution >= 0.6 is 11.8 Å². The lowest BCUT2D eigenvalue weighted by Crippen LogP contribution is -2.71. The molecule has 1 aromatic carbocycles. The molecule has 0 aromatic heterocycles. The molecule has 1 aromatic rings. The van der Waals surface area contributed by atoms with Gasteiger partial charge in [-0.3, -0.25) is 14.5 Å². The standard InChI is InChI=1S/C23H28N2O5S/c1-5-9-16(26)15-13-31-21-18(24-17(27)12-14-10-7-6-8-11-14)20(28)25(21)19(15)22(29)30-23(2,3)4/h5-8,10-11,16,18,21,26H,1,9,12-13H2,2-4H3,(H,24,27)/t16?,18-,21-/m1/s1. The predicted octanol–water partition coefficient (Wildman–Crippen LogP) is 2.16. The number of rotatable bonds is 7. The number of hydrogen-bond donors (Lipinski definition) is 2. The van der Waals surface area contributed by atoms with Crippen molar-refractivity contribution in [3.05, 3.63) is 59.8 Å². The monoisotopic (exact) mass is 444 g/mol. The molecule has 0 spiro atoms. The molecule has 2 heterocycles. The number of nitrogens with one attached hydrogen (secondary N) is 1. The number of aliphatic hydroxyl groups is 1. The van der Waals surface area contributed by atoms with Crippen LogP contribution < -0.4 is 5.32 Å². The predicted molar refractivity (Wildman–Crippen MR) is 119 cm³/mol. The molecule has 0 saturated carbocycles. The average molecular weight is 445 g/mol. The summed E-state index contributed by atoms with van der Waals surface area (Å²) in [6.45, 7) is 8.86. The Morgan fingerprint density at radius 3 is 2.65 bits per heavy atom. The molecule has 2 N–H and O–H groups in total. The van der Waals surface area contributed by atoms with E-state index in [2.05, 4.69) is 11.9 Å². The van der Waals surface area contributed by atoms with E-state index >= 15 is 0 Å². The summed E-state index contributed by atoms with van der Waals surface area (Å²) in [6.07, 6.45) is 1.05. The van der Waals surface area contributed by atoms with E-state index in [-0.39, 0.29) is 30.4 Å². The Hall–Kier alpha value is -2.58. The van der Waals surface area contributed by atoms with Crippen LogP contribution in [0.2, 0.25) is 0 Å². The maximum Gasteiger partial charge on any atom is 0.355 e. The molecule has 31 heavy (non-hydrogen) atoms. The van der Waals surface area contributed by atoms with Crippen LogP contribution in [0.25, 0.3) is 0 Å². The topological polar surface area (TPSA) is 95.9 Å². The molecule has 0 aliphatic carbocycles. The lowest BCUT2D eigenvalue weighted by atomic mass is 9.98. The maximum absolute atomic E-state index is 12.9. The second-order valence-corrected chi connectivity index (χ2v) is 9.64. The van der Waals surface area contributed by atoms with Gasteiger partial charge in [0.1, 0.15) is 22.7 Å². The number of carbonyl (C=O) groups excluding carboxylic acids is 3. The number of β-lactam (4-membered cyclic amide) rings is 1. The first-order chi connectivity index (χ1) is 14.6. The van der Waals surface area contributed by atoms with E-state index in [9.17, 15) is 19.5 Å². The number of nitrogens with zero attached hydrogens (tertiary/aromatic N) is 1. The van der Waals surface area contributed by atoms with E-state index in [0.29, 0.717) is 11.3 Å². The molecule has 3 rings (SSSR count). The fourth-order valence-electron chi connectivity index (χ4n) is 3.52. The van der Waals surface area contributed by atoms with Crippen molar-refractivity contribution in [3.63, 3.8) is 0 Å². The van der Waals surface area contributed by atoms with Gasteiger partial charge >= 0.3 is 5.97 Å². The summed E-state index contributed by atoms with van der Waals surface area (Å²) in [4.78, 5) is 39.7. The van der Waals surface area contributed by atoms with E-state index < -0.39 is 29.1 Å². The van der Waals surface area contributed by atoms with Gasteiger partial charge in [0, 0.05) is 5.75 Å². The van der Waals surface area contributed by atoms with E-state index in [1.807, 2.05) is 30.3 Å². The van der Waals surface area contributed by atoms with Gasteiger partial charge in [-0.2, -0.15) is 0 Å². The SMILES string of the molecule is C=CCC(O)C1=C(C(=O)OC(C)(C)C)N2C(=O)[C@@H](NC(=O)Cc3ccccc3)[C@H]2SC1. The molecule has 7 nitrogen and oxygen atoms in total. The van der Waals surface area contributed by atoms with Gasteiger partial charge in [-0.1, -0.05) is 36.4 Å². The Labute approximate surface area is 186 Å². The van der Waals surface area contributed by atoms with Gasteiger partial charge < -0.3 is 15.2 Å². The third-order valence-corrected chi connectivity index (χ3v) is 6.21. The molecule has 8 heteroatoms. The van der Waals surface area contributed by atoms with Gasteiger partial charge in [0.25, 0.3) is 5.91 Å². The molecular weight excluding hydrogens is 416 g/mol. The quantitative estimate of drug-likeness (QED) is 0.380. The highest BCUT2D eigenvalue weighted by Gasteiger charge is 2.55. The molecular formula is C23H28N2O5S. The van der Waals surface area contributed by atoms with Crippen molar-refractivity contribution in [2.45, 2.75) is 56.7 Å². The Bertz CT molecular complexity index is 906. The molecule has 1 saturated heterocycles. The van der Waals surface area contributed by atoms with Crippen molar-refractivity contribution in [2.24, 2.45) is 0 Å².